The second-order valence-electron chi connectivity index (χ2n) is 6.92. The maximum Gasteiger partial charge on any atom is 0.261 e. The molecule has 1 fully saturated rings. The molecule has 0 aliphatic heterocycles. The second kappa shape index (κ2) is 6.89. The summed E-state index contributed by atoms with van der Waals surface area (Å²) < 4.78 is 38.8. The molecule has 2 aromatic carbocycles. The zero-order valence-electron chi connectivity index (χ0n) is 15.3. The first-order valence-corrected chi connectivity index (χ1v) is 10.7. The van der Waals surface area contributed by atoms with Gasteiger partial charge in [-0.1, -0.05) is 5.16 Å². The van der Waals surface area contributed by atoms with Gasteiger partial charge in [-0.15, -0.1) is 0 Å². The topological polar surface area (TPSA) is 98.2 Å². The van der Waals surface area contributed by atoms with Gasteiger partial charge >= 0.3 is 0 Å². The molecule has 0 radical (unpaired) electrons. The van der Waals surface area contributed by atoms with Crippen molar-refractivity contribution >= 4 is 15.7 Å². The van der Waals surface area contributed by atoms with Gasteiger partial charge in [0.15, 0.2) is 17.4 Å². The van der Waals surface area contributed by atoms with Crippen molar-refractivity contribution in [2.24, 2.45) is 0 Å². The fraction of sp³-hybridized carbons (Fsp3) is 0.143. The van der Waals surface area contributed by atoms with Crippen molar-refractivity contribution in [3.05, 3.63) is 72.9 Å². The molecule has 29 heavy (non-hydrogen) atoms. The average molecular weight is 407 g/mol. The van der Waals surface area contributed by atoms with Crippen molar-refractivity contribution in [3.63, 3.8) is 0 Å². The van der Waals surface area contributed by atoms with E-state index in [9.17, 15) is 8.42 Å². The molecule has 146 valence electrons. The highest BCUT2D eigenvalue weighted by Gasteiger charge is 2.28. The van der Waals surface area contributed by atoms with Gasteiger partial charge in [-0.05, 0) is 61.4 Å². The van der Waals surface area contributed by atoms with Gasteiger partial charge in [-0.2, -0.15) is 0 Å². The normalized spacial score (nSPS) is 14.1. The van der Waals surface area contributed by atoms with Gasteiger partial charge in [0.2, 0.25) is 0 Å². The Kier molecular flexibility index (Phi) is 4.21. The summed E-state index contributed by atoms with van der Waals surface area (Å²) in [5.41, 5.74) is 2.06. The number of benzene rings is 2. The molecule has 2 heterocycles. The summed E-state index contributed by atoms with van der Waals surface area (Å²) in [5, 5.41) is 3.66. The Morgan fingerprint density at radius 3 is 2.24 bits per heavy atom. The van der Waals surface area contributed by atoms with E-state index in [0.717, 1.165) is 29.9 Å². The lowest BCUT2D eigenvalue weighted by Crippen LogP contribution is -2.12. The zero-order chi connectivity index (χ0) is 19.8. The van der Waals surface area contributed by atoms with Crippen LogP contribution in [0.5, 0.6) is 0 Å². The summed E-state index contributed by atoms with van der Waals surface area (Å²) in [4.78, 5) is 4.47. The molecule has 4 aromatic rings. The van der Waals surface area contributed by atoms with Crippen molar-refractivity contribution in [2.45, 2.75) is 23.7 Å². The van der Waals surface area contributed by atoms with E-state index in [0.29, 0.717) is 23.1 Å². The number of sulfonamides is 1. The van der Waals surface area contributed by atoms with E-state index in [-0.39, 0.29) is 4.90 Å². The number of hydrogen-bond acceptors (Lipinski definition) is 6. The van der Waals surface area contributed by atoms with E-state index in [4.69, 9.17) is 8.94 Å². The van der Waals surface area contributed by atoms with Crippen LogP contribution in [0.3, 0.4) is 0 Å². The summed E-state index contributed by atoms with van der Waals surface area (Å²) in [6.45, 7) is 0. The number of aromatic nitrogens is 2. The van der Waals surface area contributed by atoms with Crippen LogP contribution in [0.2, 0.25) is 0 Å². The van der Waals surface area contributed by atoms with E-state index in [1.807, 2.05) is 0 Å². The Bertz CT molecular complexity index is 1220. The van der Waals surface area contributed by atoms with Gasteiger partial charge in [0.25, 0.3) is 10.0 Å². The molecule has 0 amide bonds. The highest BCUT2D eigenvalue weighted by atomic mass is 32.2. The van der Waals surface area contributed by atoms with Gasteiger partial charge in [0, 0.05) is 28.8 Å². The van der Waals surface area contributed by atoms with E-state index >= 15 is 0 Å². The molecule has 1 aliphatic carbocycles. The lowest BCUT2D eigenvalue weighted by atomic mass is 10.1. The third-order valence-electron chi connectivity index (χ3n) is 4.76. The fourth-order valence-corrected chi connectivity index (χ4v) is 4.08. The molecule has 2 aromatic heterocycles. The van der Waals surface area contributed by atoms with Crippen molar-refractivity contribution in [3.8, 4) is 22.6 Å². The summed E-state index contributed by atoms with van der Waals surface area (Å²) in [6.07, 6.45) is 5.47. The first-order chi connectivity index (χ1) is 14.1. The quantitative estimate of drug-likeness (QED) is 0.498. The minimum Gasteiger partial charge on any atom is -0.440 e. The largest absolute Gasteiger partial charge is 0.440 e. The highest BCUT2D eigenvalue weighted by molar-refractivity contribution is 7.92. The van der Waals surface area contributed by atoms with E-state index in [1.165, 1.54) is 0 Å². The molecular formula is C21H17N3O4S. The molecule has 5 rings (SSSR count). The third-order valence-corrected chi connectivity index (χ3v) is 6.16. The van der Waals surface area contributed by atoms with Crippen LogP contribution in [0.1, 0.15) is 24.7 Å². The van der Waals surface area contributed by atoms with Crippen LogP contribution >= 0.6 is 0 Å². The molecule has 0 unspecified atom stereocenters. The number of oxazole rings is 1. The monoisotopic (exact) mass is 407 g/mol. The summed E-state index contributed by atoms with van der Waals surface area (Å²) in [6, 6.07) is 15.2. The van der Waals surface area contributed by atoms with Gasteiger partial charge in [-0.25, -0.2) is 13.4 Å². The number of nitrogens with zero attached hydrogens (tertiary/aromatic N) is 2. The number of anilines is 1. The number of rotatable bonds is 6. The molecule has 1 saturated carbocycles. The molecule has 1 aliphatic rings. The molecule has 0 spiro atoms. The standard InChI is InChI=1S/C21H17N3O4S/c25-29(26,24-17-7-3-14(4-8-17)19-11-12-23-28-19)18-9-5-15(6-10-18)20-13-22-21(27-20)16-1-2-16/h3-13,16,24H,1-2H2. The molecule has 0 atom stereocenters. The summed E-state index contributed by atoms with van der Waals surface area (Å²) in [7, 11) is -3.71. The second-order valence-corrected chi connectivity index (χ2v) is 8.60. The molecule has 0 bridgehead atoms. The maximum absolute atomic E-state index is 12.7. The average Bonchev–Trinajstić information content (AvgIpc) is 3.23. The molecule has 1 N–H and O–H groups in total. The van der Waals surface area contributed by atoms with Crippen molar-refractivity contribution < 1.29 is 17.4 Å². The van der Waals surface area contributed by atoms with Crippen LogP contribution in [0.25, 0.3) is 22.6 Å². The van der Waals surface area contributed by atoms with Crippen LogP contribution < -0.4 is 4.72 Å². The Balaban J connectivity index is 1.32. The highest BCUT2D eigenvalue weighted by Crippen LogP contribution is 2.40. The Labute approximate surface area is 167 Å². The number of nitrogens with one attached hydrogen (secondary N) is 1. The van der Waals surface area contributed by atoms with Gasteiger partial charge in [0.1, 0.15) is 0 Å². The van der Waals surface area contributed by atoms with E-state index in [1.54, 1.807) is 67.0 Å². The summed E-state index contributed by atoms with van der Waals surface area (Å²) in [5.74, 6) is 2.45. The predicted molar refractivity (Wildman–Crippen MR) is 107 cm³/mol. The maximum atomic E-state index is 12.7. The first-order valence-electron chi connectivity index (χ1n) is 9.19. The van der Waals surface area contributed by atoms with Crippen LogP contribution in [0.15, 0.2) is 80.8 Å². The SMILES string of the molecule is O=S(=O)(Nc1ccc(-c2ccno2)cc1)c1ccc(-c2cnc(C3CC3)o2)cc1. The molecule has 7 nitrogen and oxygen atoms in total. The zero-order valence-corrected chi connectivity index (χ0v) is 16.1. The van der Waals surface area contributed by atoms with Crippen LogP contribution in [-0.4, -0.2) is 18.6 Å². The third kappa shape index (κ3) is 3.66. The molecule has 0 saturated heterocycles. The minimum atomic E-state index is -3.71. The lowest BCUT2D eigenvalue weighted by molar-refractivity contribution is 0.432. The van der Waals surface area contributed by atoms with E-state index in [2.05, 4.69) is 14.9 Å². The van der Waals surface area contributed by atoms with Gasteiger partial charge < -0.3 is 8.94 Å². The lowest BCUT2D eigenvalue weighted by Gasteiger charge is -2.09. The molecule has 8 heteroatoms. The summed E-state index contributed by atoms with van der Waals surface area (Å²) >= 11 is 0. The van der Waals surface area contributed by atoms with Crippen LogP contribution in [-0.2, 0) is 10.0 Å². The first kappa shape index (κ1) is 17.7. The van der Waals surface area contributed by atoms with Crippen molar-refractivity contribution in [1.29, 1.82) is 0 Å². The van der Waals surface area contributed by atoms with E-state index < -0.39 is 10.0 Å². The minimum absolute atomic E-state index is 0.169. The Morgan fingerprint density at radius 2 is 1.59 bits per heavy atom. The molecular weight excluding hydrogens is 390 g/mol. The fourth-order valence-electron chi connectivity index (χ4n) is 3.02. The van der Waals surface area contributed by atoms with Gasteiger partial charge in [0.05, 0.1) is 17.3 Å². The Morgan fingerprint density at radius 1 is 0.897 bits per heavy atom. The Hall–Kier alpha value is -3.39. The smallest absolute Gasteiger partial charge is 0.261 e. The number of hydrogen-bond donors (Lipinski definition) is 1. The van der Waals surface area contributed by atoms with Crippen LogP contribution in [0, 0.1) is 0 Å². The van der Waals surface area contributed by atoms with Crippen LogP contribution in [0.4, 0.5) is 5.69 Å². The van der Waals surface area contributed by atoms with Gasteiger partial charge in [-0.3, -0.25) is 4.72 Å². The van der Waals surface area contributed by atoms with Crippen molar-refractivity contribution in [2.75, 3.05) is 4.72 Å². The predicted octanol–water partition coefficient (Wildman–Crippen LogP) is 4.67. The van der Waals surface area contributed by atoms with Crippen molar-refractivity contribution in [1.82, 2.24) is 10.1 Å².